The minimum atomic E-state index is -0.358. The molecule has 0 unspecified atom stereocenters. The van der Waals surface area contributed by atoms with Crippen LogP contribution in [0.3, 0.4) is 0 Å². The topological polar surface area (TPSA) is 91.7 Å². The summed E-state index contributed by atoms with van der Waals surface area (Å²) < 4.78 is 0. The van der Waals surface area contributed by atoms with E-state index in [4.69, 9.17) is 5.73 Å². The second-order valence-electron chi connectivity index (χ2n) is 2.30. The molecular formula is C6H5N3O2S. The molecule has 2 aromatic heterocycles. The Kier molecular flexibility index (Phi) is 1.31. The van der Waals surface area contributed by atoms with Gasteiger partial charge in [-0.25, -0.2) is 0 Å². The number of nitrogens with two attached hydrogens (primary N) is 1. The zero-order valence-corrected chi connectivity index (χ0v) is 6.70. The van der Waals surface area contributed by atoms with Gasteiger partial charge in [0.2, 0.25) is 0 Å². The van der Waals surface area contributed by atoms with Crippen molar-refractivity contribution in [1.82, 2.24) is 10.2 Å². The molecule has 0 amide bonds. The number of hydrogen-bond acceptors (Lipinski definition) is 4. The van der Waals surface area contributed by atoms with Crippen molar-refractivity contribution in [2.75, 3.05) is 5.73 Å². The van der Waals surface area contributed by atoms with Crippen LogP contribution < -0.4 is 16.9 Å². The first kappa shape index (κ1) is 7.11. The van der Waals surface area contributed by atoms with E-state index in [1.807, 2.05) is 0 Å². The first-order chi connectivity index (χ1) is 5.70. The van der Waals surface area contributed by atoms with Crippen LogP contribution in [0.15, 0.2) is 15.0 Å². The summed E-state index contributed by atoms with van der Waals surface area (Å²) in [7, 11) is 0. The molecule has 0 aliphatic carbocycles. The summed E-state index contributed by atoms with van der Waals surface area (Å²) in [6.07, 6.45) is 0. The first-order valence-electron chi connectivity index (χ1n) is 3.18. The lowest BCUT2D eigenvalue weighted by Crippen LogP contribution is -2.18. The van der Waals surface area contributed by atoms with Gasteiger partial charge in [-0.2, -0.15) is 0 Å². The Bertz CT molecular complexity index is 535. The molecule has 0 fully saturated rings. The van der Waals surface area contributed by atoms with E-state index >= 15 is 0 Å². The van der Waals surface area contributed by atoms with Crippen LogP contribution >= 0.6 is 11.3 Å². The SMILES string of the molecule is Nc1scc2c(=O)[nH][nH]c(=O)c12. The van der Waals surface area contributed by atoms with Crippen molar-refractivity contribution in [2.45, 2.75) is 0 Å². The molecule has 0 radical (unpaired) electrons. The number of aromatic amines is 2. The molecule has 2 rings (SSSR count). The van der Waals surface area contributed by atoms with Gasteiger partial charge >= 0.3 is 0 Å². The Morgan fingerprint density at radius 1 is 1.25 bits per heavy atom. The number of rotatable bonds is 0. The highest BCUT2D eigenvalue weighted by Crippen LogP contribution is 2.20. The fraction of sp³-hybridized carbons (Fsp3) is 0. The van der Waals surface area contributed by atoms with Gasteiger partial charge in [-0.3, -0.25) is 19.8 Å². The fourth-order valence-corrected chi connectivity index (χ4v) is 1.81. The fourth-order valence-electron chi connectivity index (χ4n) is 1.02. The van der Waals surface area contributed by atoms with E-state index in [-0.39, 0.29) is 16.5 Å². The molecule has 0 bridgehead atoms. The number of H-pyrrole nitrogens is 2. The van der Waals surface area contributed by atoms with Gasteiger partial charge in [-0.15, -0.1) is 11.3 Å². The minimum Gasteiger partial charge on any atom is -0.390 e. The van der Waals surface area contributed by atoms with Crippen molar-refractivity contribution in [2.24, 2.45) is 0 Å². The van der Waals surface area contributed by atoms with Crippen LogP contribution in [0.1, 0.15) is 0 Å². The first-order valence-corrected chi connectivity index (χ1v) is 4.06. The number of nitrogens with one attached hydrogen (secondary N) is 2. The van der Waals surface area contributed by atoms with Crippen LogP contribution in [-0.4, -0.2) is 10.2 Å². The molecule has 0 aliphatic rings. The normalized spacial score (nSPS) is 10.7. The molecule has 2 heterocycles. The van der Waals surface area contributed by atoms with Gasteiger partial charge < -0.3 is 5.73 Å². The van der Waals surface area contributed by atoms with E-state index < -0.39 is 0 Å². The van der Waals surface area contributed by atoms with E-state index in [2.05, 4.69) is 10.2 Å². The average Bonchev–Trinajstić information content (AvgIpc) is 2.42. The minimum absolute atomic E-state index is 0.281. The lowest BCUT2D eigenvalue weighted by molar-refractivity contribution is 0.978. The molecule has 0 saturated carbocycles. The van der Waals surface area contributed by atoms with Gasteiger partial charge in [0.1, 0.15) is 0 Å². The van der Waals surface area contributed by atoms with E-state index in [1.165, 1.54) is 11.3 Å². The number of anilines is 1. The van der Waals surface area contributed by atoms with Crippen molar-refractivity contribution in [1.29, 1.82) is 0 Å². The van der Waals surface area contributed by atoms with Gasteiger partial charge in [-0.1, -0.05) is 0 Å². The summed E-state index contributed by atoms with van der Waals surface area (Å²) in [5.74, 6) is 0. The molecule has 2 aromatic rings. The molecule has 0 aliphatic heterocycles. The maximum atomic E-state index is 11.1. The average molecular weight is 183 g/mol. The predicted molar refractivity (Wildman–Crippen MR) is 47.5 cm³/mol. The van der Waals surface area contributed by atoms with Gasteiger partial charge in [0.15, 0.2) is 0 Å². The summed E-state index contributed by atoms with van der Waals surface area (Å²) in [6.45, 7) is 0. The van der Waals surface area contributed by atoms with E-state index in [0.717, 1.165) is 0 Å². The summed E-state index contributed by atoms with van der Waals surface area (Å²) >= 11 is 1.18. The highest BCUT2D eigenvalue weighted by Gasteiger charge is 2.07. The van der Waals surface area contributed by atoms with E-state index in [1.54, 1.807) is 5.38 Å². The molecule has 0 aromatic carbocycles. The van der Waals surface area contributed by atoms with Crippen LogP contribution in [-0.2, 0) is 0 Å². The van der Waals surface area contributed by atoms with Gasteiger partial charge in [-0.05, 0) is 0 Å². The Morgan fingerprint density at radius 2 is 1.92 bits per heavy atom. The molecule has 0 atom stereocenters. The largest absolute Gasteiger partial charge is 0.390 e. The highest BCUT2D eigenvalue weighted by atomic mass is 32.1. The van der Waals surface area contributed by atoms with Crippen molar-refractivity contribution in [3.05, 3.63) is 26.1 Å². The van der Waals surface area contributed by atoms with Gasteiger partial charge in [0.25, 0.3) is 11.1 Å². The maximum absolute atomic E-state index is 11.1. The lowest BCUT2D eigenvalue weighted by Gasteiger charge is -1.87. The van der Waals surface area contributed by atoms with Crippen LogP contribution in [0.5, 0.6) is 0 Å². The van der Waals surface area contributed by atoms with Gasteiger partial charge in [0, 0.05) is 5.38 Å². The van der Waals surface area contributed by atoms with Crippen molar-refractivity contribution in [3.8, 4) is 0 Å². The molecule has 6 heteroatoms. The van der Waals surface area contributed by atoms with Crippen LogP contribution in [0, 0.1) is 0 Å². The zero-order valence-electron chi connectivity index (χ0n) is 5.88. The van der Waals surface area contributed by atoms with Crippen LogP contribution in [0.4, 0.5) is 5.00 Å². The second-order valence-corrected chi connectivity index (χ2v) is 3.21. The van der Waals surface area contributed by atoms with Crippen LogP contribution in [0.25, 0.3) is 10.8 Å². The smallest absolute Gasteiger partial charge is 0.273 e. The quantitative estimate of drug-likeness (QED) is 0.530. The summed E-state index contributed by atoms with van der Waals surface area (Å²) in [5.41, 5.74) is 4.81. The van der Waals surface area contributed by atoms with Crippen molar-refractivity contribution in [3.63, 3.8) is 0 Å². The number of thiophene rings is 1. The predicted octanol–water partition coefficient (Wildman–Crippen LogP) is -0.140. The molecular weight excluding hydrogens is 178 g/mol. The molecule has 0 saturated heterocycles. The maximum Gasteiger partial charge on any atom is 0.273 e. The van der Waals surface area contributed by atoms with E-state index in [0.29, 0.717) is 10.4 Å². The molecule has 62 valence electrons. The third-order valence-electron chi connectivity index (χ3n) is 1.58. The molecule has 12 heavy (non-hydrogen) atoms. The van der Waals surface area contributed by atoms with E-state index in [9.17, 15) is 9.59 Å². The standard InChI is InChI=1S/C6H5N3O2S/c7-4-3-2(1-12-4)5(10)8-9-6(3)11/h1H,7H2,(H,8,10)(H,9,11). The third kappa shape index (κ3) is 0.782. The molecule has 5 nitrogen and oxygen atoms in total. The monoisotopic (exact) mass is 183 g/mol. The van der Waals surface area contributed by atoms with Crippen LogP contribution in [0.2, 0.25) is 0 Å². The second kappa shape index (κ2) is 2.21. The third-order valence-corrected chi connectivity index (χ3v) is 2.39. The number of hydrogen-bond donors (Lipinski definition) is 3. The van der Waals surface area contributed by atoms with Gasteiger partial charge in [0.05, 0.1) is 15.8 Å². The number of aromatic nitrogens is 2. The van der Waals surface area contributed by atoms with Crippen molar-refractivity contribution < 1.29 is 0 Å². The summed E-state index contributed by atoms with van der Waals surface area (Å²) in [4.78, 5) is 22.2. The number of nitrogen functional groups attached to an aromatic ring is 1. The summed E-state index contributed by atoms with van der Waals surface area (Å²) in [5, 5.41) is 6.99. The Hall–Kier alpha value is -1.56. The highest BCUT2D eigenvalue weighted by molar-refractivity contribution is 7.15. The number of fused-ring (bicyclic) bond motifs is 1. The zero-order chi connectivity index (χ0) is 8.72. The Balaban J connectivity index is 3.20. The summed E-state index contributed by atoms with van der Waals surface area (Å²) in [6, 6.07) is 0. The Labute approximate surface area is 69.8 Å². The van der Waals surface area contributed by atoms with Crippen molar-refractivity contribution >= 4 is 27.1 Å². The molecule has 4 N–H and O–H groups in total. The lowest BCUT2D eigenvalue weighted by atomic mass is 10.3. The molecule has 0 spiro atoms. The Morgan fingerprint density at radius 3 is 2.58 bits per heavy atom.